The number of carbonyl (C=O) groups is 1. The number of benzene rings is 1. The lowest BCUT2D eigenvalue weighted by molar-refractivity contribution is 0.250. The first kappa shape index (κ1) is 24.5. The van der Waals surface area contributed by atoms with Crippen LogP contribution in [0.15, 0.2) is 29.3 Å². The lowest BCUT2D eigenvalue weighted by atomic mass is 10.2. The Morgan fingerprint density at radius 3 is 2.35 bits per heavy atom. The molecule has 1 rings (SSSR count). The fraction of sp³-hybridized carbons (Fsp3) is 0.579. The Morgan fingerprint density at radius 2 is 1.77 bits per heavy atom. The van der Waals surface area contributed by atoms with Gasteiger partial charge in [-0.15, -0.1) is 24.0 Å². The van der Waals surface area contributed by atoms with Crippen LogP contribution in [0.2, 0.25) is 0 Å². The summed E-state index contributed by atoms with van der Waals surface area (Å²) in [5.74, 6) is 0.815. The zero-order chi connectivity index (χ0) is 18.5. The van der Waals surface area contributed by atoms with E-state index >= 15 is 0 Å². The molecule has 0 aliphatic heterocycles. The number of aliphatic imine (C=N–C) groups is 1. The molecular formula is C19H34IN5O. The maximum Gasteiger partial charge on any atom is 0.319 e. The average Bonchev–Trinajstić information content (AvgIpc) is 2.58. The first-order valence-electron chi connectivity index (χ1n) is 9.16. The van der Waals surface area contributed by atoms with Crippen LogP contribution in [-0.2, 0) is 6.54 Å². The number of guanidine groups is 1. The van der Waals surface area contributed by atoms with Crippen molar-refractivity contribution in [1.29, 1.82) is 0 Å². The third-order valence-corrected chi connectivity index (χ3v) is 3.64. The highest BCUT2D eigenvalue weighted by molar-refractivity contribution is 14.0. The maximum absolute atomic E-state index is 11.7. The molecule has 1 aromatic rings. The molecule has 0 aromatic heterocycles. The summed E-state index contributed by atoms with van der Waals surface area (Å²) in [5.41, 5.74) is 1.91. The standard InChI is InChI=1S/C19H33N5O.HI/c1-5-6-7-8-13-21-18(20-4)22-14-16-9-11-17(12-10-16)24-19(25)23-15(2)3;/h9-12,15H,5-8,13-14H2,1-4H3,(H2,20,21,22)(H2,23,24,25);1H. The van der Waals surface area contributed by atoms with Crippen molar-refractivity contribution >= 4 is 41.7 Å². The van der Waals surface area contributed by atoms with Crippen molar-refractivity contribution in [2.45, 2.75) is 59.0 Å². The molecule has 0 aliphatic rings. The molecule has 1 aromatic carbocycles. The summed E-state index contributed by atoms with van der Waals surface area (Å²) in [6.45, 7) is 7.70. The van der Waals surface area contributed by atoms with Gasteiger partial charge < -0.3 is 21.3 Å². The number of hydrogen-bond donors (Lipinski definition) is 4. The van der Waals surface area contributed by atoms with Gasteiger partial charge in [-0.1, -0.05) is 38.3 Å². The van der Waals surface area contributed by atoms with Crippen molar-refractivity contribution in [3.05, 3.63) is 29.8 Å². The minimum absolute atomic E-state index is 0. The number of hydrogen-bond acceptors (Lipinski definition) is 2. The van der Waals surface area contributed by atoms with Crippen molar-refractivity contribution in [2.24, 2.45) is 4.99 Å². The molecule has 0 saturated heterocycles. The van der Waals surface area contributed by atoms with Crippen LogP contribution in [0.25, 0.3) is 0 Å². The van der Waals surface area contributed by atoms with E-state index < -0.39 is 0 Å². The van der Waals surface area contributed by atoms with Crippen LogP contribution in [0.1, 0.15) is 52.0 Å². The van der Waals surface area contributed by atoms with Gasteiger partial charge in [0.15, 0.2) is 5.96 Å². The number of carbonyl (C=O) groups excluding carboxylic acids is 1. The highest BCUT2D eigenvalue weighted by Crippen LogP contribution is 2.09. The molecule has 7 heteroatoms. The van der Waals surface area contributed by atoms with Crippen LogP contribution >= 0.6 is 24.0 Å². The highest BCUT2D eigenvalue weighted by Gasteiger charge is 2.03. The number of urea groups is 1. The quantitative estimate of drug-likeness (QED) is 0.188. The molecule has 4 N–H and O–H groups in total. The fourth-order valence-corrected chi connectivity index (χ4v) is 2.30. The van der Waals surface area contributed by atoms with Gasteiger partial charge in [0.1, 0.15) is 0 Å². The van der Waals surface area contributed by atoms with Crippen molar-refractivity contribution in [3.63, 3.8) is 0 Å². The largest absolute Gasteiger partial charge is 0.356 e. The predicted octanol–water partition coefficient (Wildman–Crippen LogP) is 4.08. The molecule has 0 aliphatic carbocycles. The maximum atomic E-state index is 11.7. The minimum Gasteiger partial charge on any atom is -0.356 e. The summed E-state index contributed by atoms with van der Waals surface area (Å²) >= 11 is 0. The van der Waals surface area contributed by atoms with Crippen LogP contribution in [0, 0.1) is 0 Å². The third kappa shape index (κ3) is 11.2. The molecule has 0 heterocycles. The van der Waals surface area contributed by atoms with Gasteiger partial charge in [-0.3, -0.25) is 4.99 Å². The normalized spacial score (nSPS) is 10.9. The van der Waals surface area contributed by atoms with Crippen LogP contribution < -0.4 is 21.3 Å². The van der Waals surface area contributed by atoms with E-state index in [-0.39, 0.29) is 36.0 Å². The van der Waals surface area contributed by atoms with Gasteiger partial charge in [0, 0.05) is 31.9 Å². The summed E-state index contributed by atoms with van der Waals surface area (Å²) < 4.78 is 0. The van der Waals surface area contributed by atoms with Crippen LogP contribution in [0.5, 0.6) is 0 Å². The lowest BCUT2D eigenvalue weighted by Gasteiger charge is -2.13. The van der Waals surface area contributed by atoms with Gasteiger partial charge in [-0.25, -0.2) is 4.79 Å². The molecule has 0 atom stereocenters. The number of rotatable bonds is 9. The Kier molecular flexibility index (Phi) is 13.8. The Morgan fingerprint density at radius 1 is 1.08 bits per heavy atom. The Balaban J connectivity index is 0.00000625. The molecule has 0 fully saturated rings. The zero-order valence-corrected chi connectivity index (χ0v) is 18.7. The van der Waals surface area contributed by atoms with E-state index in [1.807, 2.05) is 38.1 Å². The lowest BCUT2D eigenvalue weighted by Crippen LogP contribution is -2.37. The van der Waals surface area contributed by atoms with E-state index in [4.69, 9.17) is 0 Å². The summed E-state index contributed by atoms with van der Waals surface area (Å²) in [6.07, 6.45) is 4.94. The van der Waals surface area contributed by atoms with Gasteiger partial charge in [0.25, 0.3) is 0 Å². The SMILES string of the molecule is CCCCCCNC(=NC)NCc1ccc(NC(=O)NC(C)C)cc1.I. The molecule has 2 amide bonds. The molecule has 0 radical (unpaired) electrons. The molecule has 6 nitrogen and oxygen atoms in total. The Labute approximate surface area is 175 Å². The van der Waals surface area contributed by atoms with E-state index in [0.717, 1.165) is 30.2 Å². The second-order valence-corrected chi connectivity index (χ2v) is 6.36. The van der Waals surface area contributed by atoms with Crippen LogP contribution in [0.4, 0.5) is 10.5 Å². The van der Waals surface area contributed by atoms with Crippen LogP contribution in [0.3, 0.4) is 0 Å². The van der Waals surface area contributed by atoms with E-state index in [1.54, 1.807) is 7.05 Å². The van der Waals surface area contributed by atoms with E-state index in [0.29, 0.717) is 6.54 Å². The number of nitrogens with zero attached hydrogens (tertiary/aromatic N) is 1. The second kappa shape index (κ2) is 14.6. The van der Waals surface area contributed by atoms with Gasteiger partial charge >= 0.3 is 6.03 Å². The molecule has 0 unspecified atom stereocenters. The number of anilines is 1. The van der Waals surface area contributed by atoms with Crippen molar-refractivity contribution < 1.29 is 4.79 Å². The van der Waals surface area contributed by atoms with E-state index in [1.165, 1.54) is 19.3 Å². The summed E-state index contributed by atoms with van der Waals surface area (Å²) in [6, 6.07) is 7.72. The molecule has 0 spiro atoms. The van der Waals surface area contributed by atoms with Crippen molar-refractivity contribution in [2.75, 3.05) is 18.9 Å². The number of amides is 2. The highest BCUT2D eigenvalue weighted by atomic mass is 127. The molecule has 0 bridgehead atoms. The monoisotopic (exact) mass is 475 g/mol. The smallest absolute Gasteiger partial charge is 0.319 e. The van der Waals surface area contributed by atoms with Gasteiger partial charge in [-0.05, 0) is 38.0 Å². The molecule has 26 heavy (non-hydrogen) atoms. The molecule has 0 saturated carbocycles. The molecular weight excluding hydrogens is 441 g/mol. The average molecular weight is 475 g/mol. The fourth-order valence-electron chi connectivity index (χ4n) is 2.30. The van der Waals surface area contributed by atoms with Crippen molar-refractivity contribution in [1.82, 2.24) is 16.0 Å². The topological polar surface area (TPSA) is 77.6 Å². The number of unbranched alkanes of at least 4 members (excludes halogenated alkanes) is 3. The second-order valence-electron chi connectivity index (χ2n) is 6.36. The van der Waals surface area contributed by atoms with Gasteiger partial charge in [-0.2, -0.15) is 0 Å². The number of nitrogens with one attached hydrogen (secondary N) is 4. The Bertz CT molecular complexity index is 531. The first-order chi connectivity index (χ1) is 12.0. The predicted molar refractivity (Wildman–Crippen MR) is 121 cm³/mol. The summed E-state index contributed by atoms with van der Waals surface area (Å²) in [7, 11) is 1.78. The number of halogens is 1. The summed E-state index contributed by atoms with van der Waals surface area (Å²) in [5, 5.41) is 12.2. The Hall–Kier alpha value is -1.51. The van der Waals surface area contributed by atoms with Crippen LogP contribution in [-0.4, -0.2) is 31.6 Å². The third-order valence-electron chi connectivity index (χ3n) is 3.64. The minimum atomic E-state index is -0.187. The van der Waals surface area contributed by atoms with Crippen molar-refractivity contribution in [3.8, 4) is 0 Å². The zero-order valence-electron chi connectivity index (χ0n) is 16.4. The van der Waals surface area contributed by atoms with E-state index in [9.17, 15) is 4.79 Å². The van der Waals surface area contributed by atoms with Gasteiger partial charge in [0.2, 0.25) is 0 Å². The van der Waals surface area contributed by atoms with Gasteiger partial charge in [0.05, 0.1) is 0 Å². The molecule has 148 valence electrons. The first-order valence-corrected chi connectivity index (χ1v) is 9.16. The van der Waals surface area contributed by atoms with E-state index in [2.05, 4.69) is 33.2 Å². The summed E-state index contributed by atoms with van der Waals surface area (Å²) in [4.78, 5) is 15.9.